The normalized spacial score (nSPS) is 10.2. The number of hydrogen-bond donors (Lipinski definition) is 1. The minimum atomic E-state index is -0.407. The zero-order valence-electron chi connectivity index (χ0n) is 15.1. The topological polar surface area (TPSA) is 64.6 Å². The fourth-order valence-corrected chi connectivity index (χ4v) is 2.56. The molecule has 0 bridgehead atoms. The van der Waals surface area contributed by atoms with Gasteiger partial charge in [0, 0.05) is 17.3 Å². The van der Waals surface area contributed by atoms with Gasteiger partial charge in [-0.05, 0) is 48.5 Å². The monoisotopic (exact) mass is 379 g/mol. The van der Waals surface area contributed by atoms with Crippen LogP contribution in [0.25, 0.3) is 0 Å². The Balaban J connectivity index is 1.64. The number of halogens is 1. The summed E-state index contributed by atoms with van der Waals surface area (Å²) < 4.78 is 23.6. The molecule has 142 valence electrons. The van der Waals surface area contributed by atoms with Crippen molar-refractivity contribution in [3.63, 3.8) is 0 Å². The first kappa shape index (κ1) is 19.1. The molecule has 0 spiro atoms. The van der Waals surface area contributed by atoms with Gasteiger partial charge in [0.1, 0.15) is 17.3 Å². The molecular formula is C22H18FNO4. The average Bonchev–Trinajstić information content (AvgIpc) is 2.72. The molecule has 0 aliphatic carbocycles. The third-order valence-electron chi connectivity index (χ3n) is 3.98. The molecule has 1 amide bonds. The van der Waals surface area contributed by atoms with Crippen molar-refractivity contribution in [1.82, 2.24) is 0 Å². The third-order valence-corrected chi connectivity index (χ3v) is 3.98. The Morgan fingerprint density at radius 1 is 0.964 bits per heavy atom. The molecule has 0 saturated carbocycles. The number of nitrogens with one attached hydrogen (secondary N) is 1. The zero-order valence-corrected chi connectivity index (χ0v) is 15.1. The Kier molecular flexibility index (Phi) is 6.01. The second kappa shape index (κ2) is 8.81. The molecule has 28 heavy (non-hydrogen) atoms. The SMILES string of the molecule is COc1ccccc1C(=O)Nc1cccc(OCC(=O)c2ccc(F)cc2)c1. The molecule has 0 fully saturated rings. The number of carbonyl (C=O) groups is 2. The van der Waals surface area contributed by atoms with Gasteiger partial charge in [-0.2, -0.15) is 0 Å². The van der Waals surface area contributed by atoms with Crippen LogP contribution in [0.5, 0.6) is 11.5 Å². The number of benzene rings is 3. The summed E-state index contributed by atoms with van der Waals surface area (Å²) in [7, 11) is 1.50. The minimum Gasteiger partial charge on any atom is -0.496 e. The Hall–Kier alpha value is -3.67. The Morgan fingerprint density at radius 2 is 1.71 bits per heavy atom. The molecule has 0 unspecified atom stereocenters. The first-order chi connectivity index (χ1) is 13.6. The van der Waals surface area contributed by atoms with Crippen molar-refractivity contribution in [3.8, 4) is 11.5 Å². The van der Waals surface area contributed by atoms with Gasteiger partial charge in [0.2, 0.25) is 0 Å². The molecule has 0 heterocycles. The van der Waals surface area contributed by atoms with E-state index >= 15 is 0 Å². The fourth-order valence-electron chi connectivity index (χ4n) is 2.56. The highest BCUT2D eigenvalue weighted by Crippen LogP contribution is 2.22. The molecule has 3 aromatic rings. The first-order valence-electron chi connectivity index (χ1n) is 8.53. The molecule has 3 aromatic carbocycles. The predicted octanol–water partition coefficient (Wildman–Crippen LogP) is 4.35. The zero-order chi connectivity index (χ0) is 19.9. The van der Waals surface area contributed by atoms with Crippen LogP contribution in [-0.2, 0) is 0 Å². The molecule has 5 nitrogen and oxygen atoms in total. The molecule has 1 N–H and O–H groups in total. The lowest BCUT2D eigenvalue weighted by molar-refractivity contribution is 0.0920. The van der Waals surface area contributed by atoms with Crippen LogP contribution in [0.15, 0.2) is 72.8 Å². The van der Waals surface area contributed by atoms with Crippen LogP contribution in [0.1, 0.15) is 20.7 Å². The molecule has 0 radical (unpaired) electrons. The van der Waals surface area contributed by atoms with E-state index in [1.165, 1.54) is 31.4 Å². The van der Waals surface area contributed by atoms with Crippen LogP contribution in [-0.4, -0.2) is 25.4 Å². The van der Waals surface area contributed by atoms with Crippen molar-refractivity contribution in [3.05, 3.63) is 89.7 Å². The number of ketones is 1. The Morgan fingerprint density at radius 3 is 2.46 bits per heavy atom. The number of methoxy groups -OCH3 is 1. The quantitative estimate of drug-likeness (QED) is 0.620. The Bertz CT molecular complexity index is 986. The number of ether oxygens (including phenoxy) is 2. The van der Waals surface area contributed by atoms with Crippen LogP contribution in [0.2, 0.25) is 0 Å². The second-order valence-electron chi connectivity index (χ2n) is 5.90. The van der Waals surface area contributed by atoms with Gasteiger partial charge in [-0.25, -0.2) is 4.39 Å². The van der Waals surface area contributed by atoms with E-state index in [9.17, 15) is 14.0 Å². The van der Waals surface area contributed by atoms with Gasteiger partial charge in [-0.1, -0.05) is 18.2 Å². The fraction of sp³-hybridized carbons (Fsp3) is 0.0909. The largest absolute Gasteiger partial charge is 0.496 e. The number of hydrogen-bond acceptors (Lipinski definition) is 4. The summed E-state index contributed by atoms with van der Waals surface area (Å²) in [6.45, 7) is -0.199. The molecule has 3 rings (SSSR count). The summed E-state index contributed by atoms with van der Waals surface area (Å²) >= 11 is 0. The van der Waals surface area contributed by atoms with Gasteiger partial charge in [-0.15, -0.1) is 0 Å². The molecule has 6 heteroatoms. The molecule has 0 aromatic heterocycles. The number of para-hydroxylation sites is 1. The lowest BCUT2D eigenvalue weighted by atomic mass is 10.1. The van der Waals surface area contributed by atoms with Crippen LogP contribution in [0.4, 0.5) is 10.1 Å². The van der Waals surface area contributed by atoms with Crippen molar-refractivity contribution in [1.29, 1.82) is 0 Å². The molecule has 0 aliphatic heterocycles. The summed E-state index contributed by atoms with van der Waals surface area (Å²) in [4.78, 5) is 24.6. The predicted molar refractivity (Wildman–Crippen MR) is 104 cm³/mol. The average molecular weight is 379 g/mol. The van der Waals surface area contributed by atoms with Gasteiger partial charge in [0.25, 0.3) is 5.91 Å². The number of rotatable bonds is 7. The summed E-state index contributed by atoms with van der Waals surface area (Å²) in [6, 6.07) is 18.9. The number of amides is 1. The van der Waals surface area contributed by atoms with E-state index in [-0.39, 0.29) is 18.3 Å². The van der Waals surface area contributed by atoms with Crippen LogP contribution in [0.3, 0.4) is 0 Å². The van der Waals surface area contributed by atoms with Crippen molar-refractivity contribution in [2.45, 2.75) is 0 Å². The van der Waals surface area contributed by atoms with E-state index < -0.39 is 5.82 Å². The van der Waals surface area contributed by atoms with E-state index in [1.807, 2.05) is 0 Å². The lowest BCUT2D eigenvalue weighted by Crippen LogP contribution is -2.14. The van der Waals surface area contributed by atoms with E-state index in [4.69, 9.17) is 9.47 Å². The van der Waals surface area contributed by atoms with Gasteiger partial charge in [0.05, 0.1) is 12.7 Å². The first-order valence-corrected chi connectivity index (χ1v) is 8.53. The molecule has 0 atom stereocenters. The van der Waals surface area contributed by atoms with Crippen molar-refractivity contribution < 1.29 is 23.5 Å². The maximum atomic E-state index is 12.9. The molecule has 0 saturated heterocycles. The van der Waals surface area contributed by atoms with Gasteiger partial charge in [0.15, 0.2) is 12.4 Å². The summed E-state index contributed by atoms with van der Waals surface area (Å²) in [5, 5.41) is 2.77. The number of Topliss-reactive ketones (excluding diaryl/α,β-unsaturated/α-hetero) is 1. The number of anilines is 1. The van der Waals surface area contributed by atoms with E-state index in [2.05, 4.69) is 5.32 Å². The van der Waals surface area contributed by atoms with Crippen molar-refractivity contribution >= 4 is 17.4 Å². The van der Waals surface area contributed by atoms with Gasteiger partial charge < -0.3 is 14.8 Å². The second-order valence-corrected chi connectivity index (χ2v) is 5.90. The van der Waals surface area contributed by atoms with E-state index in [0.717, 1.165) is 0 Å². The minimum absolute atomic E-state index is 0.199. The number of carbonyl (C=O) groups excluding carboxylic acids is 2. The van der Waals surface area contributed by atoms with E-state index in [1.54, 1.807) is 48.5 Å². The summed E-state index contributed by atoms with van der Waals surface area (Å²) in [5.74, 6) is -0.109. The van der Waals surface area contributed by atoms with Crippen molar-refractivity contribution in [2.75, 3.05) is 19.0 Å². The van der Waals surface area contributed by atoms with Gasteiger partial charge in [-0.3, -0.25) is 9.59 Å². The van der Waals surface area contributed by atoms with Crippen LogP contribution < -0.4 is 14.8 Å². The third kappa shape index (κ3) is 4.73. The van der Waals surface area contributed by atoms with Crippen molar-refractivity contribution in [2.24, 2.45) is 0 Å². The standard InChI is InChI=1S/C22H18FNO4/c1-27-21-8-3-2-7-19(21)22(26)24-17-5-4-6-18(13-17)28-14-20(25)15-9-11-16(23)12-10-15/h2-13H,14H2,1H3,(H,24,26). The van der Waals surface area contributed by atoms with Crippen LogP contribution >= 0.6 is 0 Å². The van der Waals surface area contributed by atoms with E-state index in [0.29, 0.717) is 28.3 Å². The van der Waals surface area contributed by atoms with Crippen LogP contribution in [0, 0.1) is 5.82 Å². The highest BCUT2D eigenvalue weighted by molar-refractivity contribution is 6.06. The smallest absolute Gasteiger partial charge is 0.259 e. The van der Waals surface area contributed by atoms with Gasteiger partial charge >= 0.3 is 0 Å². The summed E-state index contributed by atoms with van der Waals surface area (Å²) in [6.07, 6.45) is 0. The maximum Gasteiger partial charge on any atom is 0.259 e. The Labute approximate surface area is 161 Å². The molecular weight excluding hydrogens is 361 g/mol. The summed E-state index contributed by atoms with van der Waals surface area (Å²) in [5.41, 5.74) is 1.28. The lowest BCUT2D eigenvalue weighted by Gasteiger charge is -2.11. The highest BCUT2D eigenvalue weighted by atomic mass is 19.1. The molecule has 0 aliphatic rings. The highest BCUT2D eigenvalue weighted by Gasteiger charge is 2.12. The maximum absolute atomic E-state index is 12.9.